The minimum absolute atomic E-state index is 0.0105. The third-order valence-corrected chi connectivity index (χ3v) is 5.92. The molecular formula is C21H29N5O. The molecule has 4 rings (SSSR count). The van der Waals surface area contributed by atoms with Gasteiger partial charge in [-0.25, -0.2) is 4.79 Å². The van der Waals surface area contributed by atoms with Gasteiger partial charge in [0.05, 0.1) is 0 Å². The van der Waals surface area contributed by atoms with Crippen molar-refractivity contribution in [3.05, 3.63) is 42.2 Å². The predicted molar refractivity (Wildman–Crippen MR) is 108 cm³/mol. The maximum atomic E-state index is 12.8. The number of likely N-dealkylation sites (tertiary alicyclic amines) is 1. The molecule has 2 fully saturated rings. The summed E-state index contributed by atoms with van der Waals surface area (Å²) in [6.07, 6.45) is 6.36. The Hall–Kier alpha value is -2.50. The number of carbonyl (C=O) groups excluding carboxylic acids is 1. The second-order valence-electron chi connectivity index (χ2n) is 7.95. The van der Waals surface area contributed by atoms with Crippen molar-refractivity contribution in [2.24, 2.45) is 5.92 Å². The van der Waals surface area contributed by atoms with Gasteiger partial charge in [-0.1, -0.05) is 13.0 Å². The number of anilines is 2. The fourth-order valence-corrected chi connectivity index (χ4v) is 4.16. The van der Waals surface area contributed by atoms with E-state index in [2.05, 4.69) is 39.5 Å². The lowest BCUT2D eigenvalue weighted by atomic mass is 9.95. The Bertz CT molecular complexity index is 752. The van der Waals surface area contributed by atoms with Gasteiger partial charge in [0.1, 0.15) is 0 Å². The van der Waals surface area contributed by atoms with Gasteiger partial charge >= 0.3 is 6.03 Å². The molecule has 2 amide bonds. The third kappa shape index (κ3) is 4.26. The van der Waals surface area contributed by atoms with Crippen LogP contribution in [0, 0.1) is 5.92 Å². The average molecular weight is 367 g/mol. The smallest absolute Gasteiger partial charge is 0.321 e. The maximum absolute atomic E-state index is 12.8. The Labute approximate surface area is 160 Å². The molecule has 6 nitrogen and oxygen atoms in total. The van der Waals surface area contributed by atoms with Crippen LogP contribution in [0.4, 0.5) is 16.2 Å². The minimum Gasteiger partial charge on any atom is -0.371 e. The Morgan fingerprint density at radius 2 is 2.04 bits per heavy atom. The van der Waals surface area contributed by atoms with Crippen molar-refractivity contribution in [3.8, 4) is 0 Å². The molecule has 2 saturated heterocycles. The number of hydrogen-bond acceptors (Lipinski definition) is 3. The quantitative estimate of drug-likeness (QED) is 0.860. The fourth-order valence-electron chi connectivity index (χ4n) is 4.16. The number of amides is 2. The second-order valence-corrected chi connectivity index (χ2v) is 7.95. The largest absolute Gasteiger partial charge is 0.371 e. The summed E-state index contributed by atoms with van der Waals surface area (Å²) >= 11 is 0. The summed E-state index contributed by atoms with van der Waals surface area (Å²) in [5, 5.41) is 10.2. The molecule has 1 unspecified atom stereocenters. The van der Waals surface area contributed by atoms with Gasteiger partial charge in [-0.15, -0.1) is 0 Å². The highest BCUT2D eigenvalue weighted by Gasteiger charge is 2.25. The van der Waals surface area contributed by atoms with E-state index in [9.17, 15) is 4.79 Å². The summed E-state index contributed by atoms with van der Waals surface area (Å²) in [5.41, 5.74) is 3.20. The maximum Gasteiger partial charge on any atom is 0.321 e. The first kappa shape index (κ1) is 17.9. The molecular weight excluding hydrogens is 338 g/mol. The monoisotopic (exact) mass is 367 g/mol. The number of hydrogen-bond donors (Lipinski definition) is 2. The molecule has 0 radical (unpaired) electrons. The van der Waals surface area contributed by atoms with E-state index >= 15 is 0 Å². The van der Waals surface area contributed by atoms with Crippen LogP contribution in [0.2, 0.25) is 0 Å². The van der Waals surface area contributed by atoms with Gasteiger partial charge in [0.2, 0.25) is 0 Å². The number of aromatic nitrogens is 2. The van der Waals surface area contributed by atoms with E-state index < -0.39 is 0 Å². The summed E-state index contributed by atoms with van der Waals surface area (Å²) in [7, 11) is 0. The standard InChI is InChI=1S/C21H29N5O/c1-16-8-12-25(13-9-16)19-6-2-5-18(14-19)23-21(27)26-11-3-4-17(15-26)20-7-10-22-24-20/h2,5-7,10,14,16-17H,3-4,8-9,11-13,15H2,1H3,(H,22,24)(H,23,27). The Morgan fingerprint density at radius 1 is 1.19 bits per heavy atom. The van der Waals surface area contributed by atoms with Gasteiger partial charge in [-0.3, -0.25) is 5.10 Å². The highest BCUT2D eigenvalue weighted by Crippen LogP contribution is 2.27. The van der Waals surface area contributed by atoms with Crippen LogP contribution in [0.25, 0.3) is 0 Å². The lowest BCUT2D eigenvalue weighted by molar-refractivity contribution is 0.192. The first-order valence-electron chi connectivity index (χ1n) is 10.1. The topological polar surface area (TPSA) is 64.3 Å². The SMILES string of the molecule is CC1CCN(c2cccc(NC(=O)N3CCCC(c4ccn[nH]4)C3)c2)CC1. The van der Waals surface area contributed by atoms with E-state index in [0.717, 1.165) is 56.3 Å². The lowest BCUT2D eigenvalue weighted by Crippen LogP contribution is -2.41. The molecule has 0 spiro atoms. The van der Waals surface area contributed by atoms with E-state index in [4.69, 9.17) is 0 Å². The van der Waals surface area contributed by atoms with E-state index in [1.807, 2.05) is 23.1 Å². The van der Waals surface area contributed by atoms with Crippen LogP contribution >= 0.6 is 0 Å². The van der Waals surface area contributed by atoms with E-state index in [-0.39, 0.29) is 6.03 Å². The molecule has 0 saturated carbocycles. The number of H-pyrrole nitrogens is 1. The van der Waals surface area contributed by atoms with Crippen molar-refractivity contribution in [2.75, 3.05) is 36.4 Å². The summed E-state index contributed by atoms with van der Waals surface area (Å²) in [5.74, 6) is 1.15. The first-order chi connectivity index (χ1) is 13.2. The van der Waals surface area contributed by atoms with Crippen LogP contribution in [0.1, 0.15) is 44.2 Å². The Kier molecular flexibility index (Phi) is 5.32. The van der Waals surface area contributed by atoms with Crippen molar-refractivity contribution in [2.45, 2.75) is 38.5 Å². The zero-order valence-corrected chi connectivity index (χ0v) is 16.0. The van der Waals surface area contributed by atoms with Crippen LogP contribution in [0.3, 0.4) is 0 Å². The van der Waals surface area contributed by atoms with Gasteiger partial charge in [0, 0.05) is 55.4 Å². The van der Waals surface area contributed by atoms with E-state index in [0.29, 0.717) is 5.92 Å². The summed E-state index contributed by atoms with van der Waals surface area (Å²) in [4.78, 5) is 17.1. The molecule has 1 aromatic heterocycles. The number of nitrogens with one attached hydrogen (secondary N) is 2. The predicted octanol–water partition coefficient (Wildman–Crippen LogP) is 4.06. The normalized spacial score (nSPS) is 21.3. The van der Waals surface area contributed by atoms with Crippen LogP contribution < -0.4 is 10.2 Å². The zero-order chi connectivity index (χ0) is 18.6. The molecule has 2 aliphatic rings. The van der Waals surface area contributed by atoms with Gasteiger partial charge in [0.25, 0.3) is 0 Å². The van der Waals surface area contributed by atoms with Crippen LogP contribution in [0.5, 0.6) is 0 Å². The van der Waals surface area contributed by atoms with Gasteiger partial charge in [0.15, 0.2) is 0 Å². The van der Waals surface area contributed by atoms with Crippen LogP contribution in [-0.4, -0.2) is 47.3 Å². The van der Waals surface area contributed by atoms with Crippen molar-refractivity contribution in [3.63, 3.8) is 0 Å². The van der Waals surface area contributed by atoms with Gasteiger partial charge in [-0.2, -0.15) is 5.10 Å². The average Bonchev–Trinajstić information content (AvgIpc) is 3.24. The van der Waals surface area contributed by atoms with Gasteiger partial charge in [-0.05, 0) is 55.9 Å². The van der Waals surface area contributed by atoms with Crippen molar-refractivity contribution in [1.29, 1.82) is 0 Å². The van der Waals surface area contributed by atoms with Crippen LogP contribution in [-0.2, 0) is 0 Å². The molecule has 2 N–H and O–H groups in total. The van der Waals surface area contributed by atoms with E-state index in [1.165, 1.54) is 18.5 Å². The number of piperidine rings is 2. The fraction of sp³-hybridized carbons (Fsp3) is 0.524. The molecule has 0 bridgehead atoms. The summed E-state index contributed by atoms with van der Waals surface area (Å²) < 4.78 is 0. The first-order valence-corrected chi connectivity index (χ1v) is 10.1. The van der Waals surface area contributed by atoms with Crippen molar-refractivity contribution in [1.82, 2.24) is 15.1 Å². The molecule has 1 atom stereocenters. The molecule has 2 aromatic rings. The number of carbonyl (C=O) groups is 1. The molecule has 3 heterocycles. The molecule has 2 aliphatic heterocycles. The second kappa shape index (κ2) is 8.03. The lowest BCUT2D eigenvalue weighted by Gasteiger charge is -2.33. The summed E-state index contributed by atoms with van der Waals surface area (Å²) in [6, 6.07) is 10.3. The Balaban J connectivity index is 1.38. The van der Waals surface area contributed by atoms with Crippen LogP contribution in [0.15, 0.2) is 36.5 Å². The third-order valence-electron chi connectivity index (χ3n) is 5.92. The molecule has 1 aromatic carbocycles. The van der Waals surface area contributed by atoms with E-state index in [1.54, 1.807) is 6.20 Å². The number of nitrogens with zero attached hydrogens (tertiary/aromatic N) is 3. The molecule has 27 heavy (non-hydrogen) atoms. The molecule has 6 heteroatoms. The number of benzene rings is 1. The highest BCUT2D eigenvalue weighted by atomic mass is 16.2. The molecule has 144 valence electrons. The zero-order valence-electron chi connectivity index (χ0n) is 16.0. The van der Waals surface area contributed by atoms with Crippen molar-refractivity contribution < 1.29 is 4.79 Å². The van der Waals surface area contributed by atoms with Crippen molar-refractivity contribution >= 4 is 17.4 Å². The Morgan fingerprint density at radius 3 is 2.81 bits per heavy atom. The highest BCUT2D eigenvalue weighted by molar-refractivity contribution is 5.90. The number of urea groups is 1. The molecule has 0 aliphatic carbocycles. The summed E-state index contributed by atoms with van der Waals surface area (Å²) in [6.45, 7) is 6.05. The number of aromatic amines is 1. The van der Waals surface area contributed by atoms with Gasteiger partial charge < -0.3 is 15.1 Å². The number of rotatable bonds is 3. The minimum atomic E-state index is -0.0105.